The summed E-state index contributed by atoms with van der Waals surface area (Å²) in [7, 11) is 0. The summed E-state index contributed by atoms with van der Waals surface area (Å²) in [4.78, 5) is 13.2. The van der Waals surface area contributed by atoms with Gasteiger partial charge >= 0.3 is 35.7 Å². The van der Waals surface area contributed by atoms with Gasteiger partial charge in [-0.15, -0.1) is 12.6 Å². The molecule has 1 fully saturated rings. The van der Waals surface area contributed by atoms with Gasteiger partial charge in [-0.1, -0.05) is 12.2 Å². The molecule has 0 radical (unpaired) electrons. The molecule has 23 heavy (non-hydrogen) atoms. The molecule has 1 aromatic carbocycles. The molecule has 0 unspecified atom stereocenters. The summed E-state index contributed by atoms with van der Waals surface area (Å²) in [5, 5.41) is 10.7. The van der Waals surface area contributed by atoms with Crippen LogP contribution < -0.4 is 34.5 Å². The van der Waals surface area contributed by atoms with Crippen molar-refractivity contribution in [1.82, 2.24) is 4.90 Å². The summed E-state index contributed by atoms with van der Waals surface area (Å²) in [6.07, 6.45) is -4.66. The molecule has 122 valence electrons. The maximum absolute atomic E-state index is 13.2. The third-order valence-corrected chi connectivity index (χ3v) is 3.93. The van der Waals surface area contributed by atoms with Crippen molar-refractivity contribution in [2.45, 2.75) is 6.18 Å². The standard InChI is InChI=1S/C12H12F3N3O2S2.Na.H/c13-12(14,15)9-7-8(18(19)20)1-2-10(9)16-3-5-17(6-4-16)11(21)22;;/h1-2,7H,3-6H2,(H,21,22);;/q;+1;-1. The Labute approximate surface area is 165 Å². The molecule has 1 heterocycles. The van der Waals surface area contributed by atoms with Crippen LogP contribution in [-0.4, -0.2) is 40.3 Å². The van der Waals surface area contributed by atoms with Crippen LogP contribution in [0.15, 0.2) is 18.2 Å². The summed E-state index contributed by atoms with van der Waals surface area (Å²) in [5.74, 6) is 0. The number of alkyl halides is 3. The van der Waals surface area contributed by atoms with Crippen LogP contribution in [0.2, 0.25) is 0 Å². The first-order valence-electron chi connectivity index (χ1n) is 6.28. The minimum absolute atomic E-state index is 0. The number of thiocarbonyl (C=S) groups is 1. The smallest absolute Gasteiger partial charge is 1.00 e. The summed E-state index contributed by atoms with van der Waals surface area (Å²) >= 11 is 8.96. The monoisotopic (exact) mass is 375 g/mol. The van der Waals surface area contributed by atoms with Gasteiger partial charge < -0.3 is 11.2 Å². The molecule has 11 heteroatoms. The quantitative estimate of drug-likeness (QED) is 0.261. The number of rotatable bonds is 2. The Balaban J connectivity index is 0.00000264. The van der Waals surface area contributed by atoms with E-state index in [4.69, 9.17) is 12.2 Å². The van der Waals surface area contributed by atoms with Crippen LogP contribution in [0.25, 0.3) is 0 Å². The van der Waals surface area contributed by atoms with Crippen molar-refractivity contribution in [2.24, 2.45) is 0 Å². The average Bonchev–Trinajstić information content (AvgIpc) is 2.45. The third-order valence-electron chi connectivity index (χ3n) is 3.39. The molecule has 1 aliphatic heterocycles. The van der Waals surface area contributed by atoms with E-state index in [0.29, 0.717) is 36.6 Å². The molecular formula is C12H13F3N3NaO2S2. The number of thiol groups is 1. The van der Waals surface area contributed by atoms with Crippen LogP contribution in [0.3, 0.4) is 0 Å². The van der Waals surface area contributed by atoms with Gasteiger partial charge in [-0.2, -0.15) is 13.2 Å². The van der Waals surface area contributed by atoms with E-state index in [-0.39, 0.29) is 36.7 Å². The molecule has 2 rings (SSSR count). The number of nitro groups is 1. The fourth-order valence-electron chi connectivity index (χ4n) is 2.28. The van der Waals surface area contributed by atoms with Gasteiger partial charge in [0.2, 0.25) is 0 Å². The molecule has 0 N–H and O–H groups in total. The van der Waals surface area contributed by atoms with E-state index in [1.807, 2.05) is 0 Å². The summed E-state index contributed by atoms with van der Waals surface area (Å²) < 4.78 is 39.9. The molecule has 1 aliphatic rings. The van der Waals surface area contributed by atoms with Gasteiger partial charge in [0.25, 0.3) is 5.69 Å². The molecule has 5 nitrogen and oxygen atoms in total. The first-order chi connectivity index (χ1) is 10.2. The Morgan fingerprint density at radius 3 is 2.30 bits per heavy atom. The zero-order chi connectivity index (χ0) is 16.5. The number of nitro benzene ring substituents is 1. The van der Waals surface area contributed by atoms with Gasteiger partial charge in [-0.25, -0.2) is 0 Å². The summed E-state index contributed by atoms with van der Waals surface area (Å²) in [5.41, 5.74) is -1.63. The van der Waals surface area contributed by atoms with Crippen molar-refractivity contribution in [1.29, 1.82) is 0 Å². The van der Waals surface area contributed by atoms with Crippen LogP contribution >= 0.6 is 24.8 Å². The Hall–Kier alpha value is -0.550. The second kappa shape index (κ2) is 8.02. The average molecular weight is 375 g/mol. The van der Waals surface area contributed by atoms with Crippen molar-refractivity contribution in [3.05, 3.63) is 33.9 Å². The molecular weight excluding hydrogens is 362 g/mol. The Kier molecular flexibility index (Phi) is 7.14. The molecule has 0 aromatic heterocycles. The van der Waals surface area contributed by atoms with Crippen LogP contribution in [0.5, 0.6) is 0 Å². The van der Waals surface area contributed by atoms with E-state index < -0.39 is 22.4 Å². The third kappa shape index (κ3) is 4.96. The molecule has 0 amide bonds. The summed E-state index contributed by atoms with van der Waals surface area (Å²) in [6, 6.07) is 2.81. The fraction of sp³-hybridized carbons (Fsp3) is 0.417. The molecule has 0 atom stereocenters. The van der Waals surface area contributed by atoms with E-state index in [9.17, 15) is 23.3 Å². The minimum Gasteiger partial charge on any atom is -1.00 e. The predicted molar refractivity (Wildman–Crippen MR) is 84.6 cm³/mol. The zero-order valence-corrected chi connectivity index (χ0v) is 15.9. The topological polar surface area (TPSA) is 49.6 Å². The number of non-ortho nitro benzene ring substituents is 1. The van der Waals surface area contributed by atoms with Crippen molar-refractivity contribution >= 4 is 40.5 Å². The number of hydrogen-bond acceptors (Lipinski definition) is 4. The van der Waals surface area contributed by atoms with Crippen LogP contribution in [-0.2, 0) is 6.18 Å². The van der Waals surface area contributed by atoms with Gasteiger partial charge in [-0.05, 0) is 6.07 Å². The number of hydrogen-bond donors (Lipinski definition) is 1. The first-order valence-corrected chi connectivity index (χ1v) is 7.14. The van der Waals surface area contributed by atoms with Gasteiger partial charge in [0.1, 0.15) is 4.32 Å². The van der Waals surface area contributed by atoms with E-state index in [1.54, 1.807) is 9.80 Å². The van der Waals surface area contributed by atoms with E-state index in [0.717, 1.165) is 12.1 Å². The van der Waals surface area contributed by atoms with Gasteiger partial charge in [0, 0.05) is 44.0 Å². The van der Waals surface area contributed by atoms with Crippen LogP contribution in [0, 0.1) is 10.1 Å². The second-order valence-electron chi connectivity index (χ2n) is 4.71. The van der Waals surface area contributed by atoms with E-state index in [1.165, 1.54) is 0 Å². The largest absolute Gasteiger partial charge is 1.00 e. The van der Waals surface area contributed by atoms with Crippen LogP contribution in [0.4, 0.5) is 24.5 Å². The Bertz CT molecular complexity index is 614. The van der Waals surface area contributed by atoms with Gasteiger partial charge in [-0.3, -0.25) is 10.1 Å². The second-order valence-corrected chi connectivity index (χ2v) is 5.83. The maximum Gasteiger partial charge on any atom is 1.00 e. The normalized spacial score (nSPS) is 15.1. The van der Waals surface area contributed by atoms with Gasteiger partial charge in [0.05, 0.1) is 10.5 Å². The zero-order valence-electron chi connectivity index (χ0n) is 13.2. The molecule has 0 bridgehead atoms. The SMILES string of the molecule is O=[N+]([O-])c1ccc(N2CCN(C(=S)S)CC2)c(C(F)(F)F)c1.[H-].[Na+]. The Morgan fingerprint density at radius 1 is 1.30 bits per heavy atom. The number of piperazine rings is 1. The van der Waals surface area contributed by atoms with Crippen molar-refractivity contribution in [3.63, 3.8) is 0 Å². The fourth-order valence-corrected chi connectivity index (χ4v) is 2.66. The first kappa shape index (κ1) is 20.5. The van der Waals surface area contributed by atoms with Crippen molar-refractivity contribution in [3.8, 4) is 0 Å². The van der Waals surface area contributed by atoms with Crippen molar-refractivity contribution < 1.29 is 49.1 Å². The number of anilines is 1. The van der Waals surface area contributed by atoms with E-state index >= 15 is 0 Å². The van der Waals surface area contributed by atoms with Crippen LogP contribution in [0.1, 0.15) is 6.99 Å². The predicted octanol–water partition coefficient (Wildman–Crippen LogP) is 0.0668. The minimum atomic E-state index is -4.66. The molecule has 0 spiro atoms. The molecule has 1 aromatic rings. The molecule has 0 aliphatic carbocycles. The Morgan fingerprint density at radius 2 is 1.87 bits per heavy atom. The summed E-state index contributed by atoms with van der Waals surface area (Å²) in [6.45, 7) is 1.58. The maximum atomic E-state index is 13.2. The van der Waals surface area contributed by atoms with Crippen molar-refractivity contribution in [2.75, 3.05) is 31.1 Å². The molecule has 1 saturated heterocycles. The number of nitrogens with zero attached hydrogens (tertiary/aromatic N) is 3. The van der Waals surface area contributed by atoms with Gasteiger partial charge in [0.15, 0.2) is 0 Å². The number of halogens is 3. The molecule has 0 saturated carbocycles. The van der Waals surface area contributed by atoms with E-state index in [2.05, 4.69) is 12.6 Å². The number of benzene rings is 1.